The molecule has 0 atom stereocenters. The summed E-state index contributed by atoms with van der Waals surface area (Å²) >= 11 is 0. The number of ether oxygens (including phenoxy) is 2. The van der Waals surface area contributed by atoms with E-state index in [0.29, 0.717) is 31.3 Å². The molecule has 0 amide bonds. The number of nitrogens with zero attached hydrogens (tertiary/aromatic N) is 2. The number of benzene rings is 1. The molecular formula is C15H19N3O3. The third-order valence-electron chi connectivity index (χ3n) is 3.96. The van der Waals surface area contributed by atoms with E-state index >= 15 is 0 Å². The van der Waals surface area contributed by atoms with Crippen molar-refractivity contribution in [1.29, 1.82) is 0 Å². The molecule has 6 nitrogen and oxygen atoms in total. The van der Waals surface area contributed by atoms with E-state index in [2.05, 4.69) is 10.1 Å². The van der Waals surface area contributed by atoms with Gasteiger partial charge in [0, 0.05) is 38.9 Å². The Hall–Kier alpha value is -1.92. The van der Waals surface area contributed by atoms with Gasteiger partial charge in [-0.05, 0) is 11.6 Å². The van der Waals surface area contributed by atoms with Crippen molar-refractivity contribution in [2.24, 2.45) is 0 Å². The fraction of sp³-hybridized carbons (Fsp3) is 0.467. The van der Waals surface area contributed by atoms with Gasteiger partial charge in [0.2, 0.25) is 11.7 Å². The molecular weight excluding hydrogens is 270 g/mol. The number of anilines is 1. The Morgan fingerprint density at radius 1 is 1.29 bits per heavy atom. The highest BCUT2D eigenvalue weighted by Crippen LogP contribution is 2.33. The van der Waals surface area contributed by atoms with Crippen LogP contribution in [0, 0.1) is 0 Å². The molecule has 3 rings (SSSR count). The summed E-state index contributed by atoms with van der Waals surface area (Å²) < 4.78 is 16.4. The molecule has 0 saturated carbocycles. The van der Waals surface area contributed by atoms with Gasteiger partial charge in [0.25, 0.3) is 0 Å². The van der Waals surface area contributed by atoms with Crippen LogP contribution in [0.25, 0.3) is 0 Å². The summed E-state index contributed by atoms with van der Waals surface area (Å²) in [5.74, 6) is 1.14. The van der Waals surface area contributed by atoms with Gasteiger partial charge in [-0.2, -0.15) is 4.98 Å². The van der Waals surface area contributed by atoms with Crippen LogP contribution in [0.4, 0.5) is 5.69 Å². The second-order valence-electron chi connectivity index (χ2n) is 5.20. The fourth-order valence-corrected chi connectivity index (χ4v) is 2.59. The van der Waals surface area contributed by atoms with Crippen molar-refractivity contribution >= 4 is 5.69 Å². The smallest absolute Gasteiger partial charge is 0.231 e. The average Bonchev–Trinajstić information content (AvgIpc) is 2.99. The third kappa shape index (κ3) is 2.77. The van der Waals surface area contributed by atoms with E-state index in [9.17, 15) is 0 Å². The van der Waals surface area contributed by atoms with E-state index in [4.69, 9.17) is 19.7 Å². The molecule has 0 spiro atoms. The molecule has 0 bridgehead atoms. The molecule has 112 valence electrons. The van der Waals surface area contributed by atoms with Gasteiger partial charge in [-0.3, -0.25) is 0 Å². The van der Waals surface area contributed by atoms with E-state index in [0.717, 1.165) is 24.1 Å². The predicted molar refractivity (Wildman–Crippen MR) is 76.7 cm³/mol. The summed E-state index contributed by atoms with van der Waals surface area (Å²) in [5.41, 5.74) is 7.15. The van der Waals surface area contributed by atoms with Crippen molar-refractivity contribution in [3.05, 3.63) is 41.5 Å². The Balaban J connectivity index is 1.81. The second kappa shape index (κ2) is 5.83. The van der Waals surface area contributed by atoms with Crippen LogP contribution >= 0.6 is 0 Å². The minimum absolute atomic E-state index is 0.498. The first kappa shape index (κ1) is 14.0. The Kier molecular flexibility index (Phi) is 3.90. The zero-order chi connectivity index (χ0) is 14.7. The Bertz CT molecular complexity index is 606. The van der Waals surface area contributed by atoms with Crippen LogP contribution in [0.1, 0.15) is 30.1 Å². The van der Waals surface area contributed by atoms with Crippen LogP contribution in [0.15, 0.2) is 28.8 Å². The summed E-state index contributed by atoms with van der Waals surface area (Å²) in [4.78, 5) is 4.50. The number of para-hydroxylation sites is 1. The first-order valence-corrected chi connectivity index (χ1v) is 7.03. The number of nitrogens with two attached hydrogens (primary N) is 1. The molecule has 6 heteroatoms. The van der Waals surface area contributed by atoms with Crippen LogP contribution in [-0.2, 0) is 21.5 Å². The minimum atomic E-state index is -0.498. The van der Waals surface area contributed by atoms with Crippen molar-refractivity contribution in [1.82, 2.24) is 10.1 Å². The number of methoxy groups -OCH3 is 1. The minimum Gasteiger partial charge on any atom is -0.398 e. The van der Waals surface area contributed by atoms with E-state index < -0.39 is 5.60 Å². The molecule has 0 radical (unpaired) electrons. The van der Waals surface area contributed by atoms with Gasteiger partial charge in [-0.25, -0.2) is 0 Å². The Labute approximate surface area is 123 Å². The summed E-state index contributed by atoms with van der Waals surface area (Å²) in [6, 6.07) is 7.67. The Morgan fingerprint density at radius 3 is 2.76 bits per heavy atom. The summed E-state index contributed by atoms with van der Waals surface area (Å²) in [6.45, 7) is 1.28. The molecule has 2 heterocycles. The largest absolute Gasteiger partial charge is 0.398 e. The highest BCUT2D eigenvalue weighted by Gasteiger charge is 2.39. The molecule has 1 aromatic carbocycles. The van der Waals surface area contributed by atoms with E-state index in [1.54, 1.807) is 7.11 Å². The van der Waals surface area contributed by atoms with Crippen molar-refractivity contribution in [2.45, 2.75) is 24.9 Å². The Morgan fingerprint density at radius 2 is 2.05 bits per heavy atom. The monoisotopic (exact) mass is 289 g/mol. The lowest BCUT2D eigenvalue weighted by Crippen LogP contribution is -2.36. The third-order valence-corrected chi connectivity index (χ3v) is 3.96. The summed E-state index contributed by atoms with van der Waals surface area (Å²) in [5, 5.41) is 4.10. The maximum Gasteiger partial charge on any atom is 0.231 e. The molecule has 1 aromatic heterocycles. The van der Waals surface area contributed by atoms with Gasteiger partial charge in [-0.15, -0.1) is 0 Å². The first-order valence-electron chi connectivity index (χ1n) is 7.03. The quantitative estimate of drug-likeness (QED) is 0.865. The summed E-state index contributed by atoms with van der Waals surface area (Å²) in [7, 11) is 1.68. The lowest BCUT2D eigenvalue weighted by atomic mass is 9.93. The fourth-order valence-electron chi connectivity index (χ4n) is 2.59. The van der Waals surface area contributed by atoms with Crippen molar-refractivity contribution in [3.63, 3.8) is 0 Å². The van der Waals surface area contributed by atoms with Crippen molar-refractivity contribution < 1.29 is 14.0 Å². The summed E-state index contributed by atoms with van der Waals surface area (Å²) in [6.07, 6.45) is 1.99. The lowest BCUT2D eigenvalue weighted by molar-refractivity contribution is -0.101. The molecule has 1 fully saturated rings. The highest BCUT2D eigenvalue weighted by atomic mass is 16.5. The van der Waals surface area contributed by atoms with Crippen LogP contribution < -0.4 is 5.73 Å². The van der Waals surface area contributed by atoms with E-state index in [1.165, 1.54) is 0 Å². The number of nitrogen functional groups attached to an aromatic ring is 1. The van der Waals surface area contributed by atoms with E-state index in [-0.39, 0.29) is 0 Å². The van der Waals surface area contributed by atoms with Crippen LogP contribution in [0.2, 0.25) is 0 Å². The van der Waals surface area contributed by atoms with Gasteiger partial charge in [0.05, 0.1) is 6.42 Å². The van der Waals surface area contributed by atoms with E-state index in [1.807, 2.05) is 24.3 Å². The van der Waals surface area contributed by atoms with Crippen LogP contribution in [0.3, 0.4) is 0 Å². The topological polar surface area (TPSA) is 83.4 Å². The molecule has 21 heavy (non-hydrogen) atoms. The van der Waals surface area contributed by atoms with Crippen molar-refractivity contribution in [2.75, 3.05) is 26.1 Å². The van der Waals surface area contributed by atoms with Gasteiger partial charge < -0.3 is 19.7 Å². The first-order chi connectivity index (χ1) is 10.2. The zero-order valence-electron chi connectivity index (χ0n) is 12.0. The highest BCUT2D eigenvalue weighted by molar-refractivity contribution is 5.47. The zero-order valence-corrected chi connectivity index (χ0v) is 12.0. The molecule has 1 saturated heterocycles. The number of hydrogen-bond donors (Lipinski definition) is 1. The molecule has 0 unspecified atom stereocenters. The standard InChI is InChI=1S/C15H19N3O3/c1-19-15(6-8-20-9-7-15)14-17-13(21-18-14)10-11-4-2-3-5-12(11)16/h2-5H,6-10,16H2,1H3. The van der Waals surface area contributed by atoms with Gasteiger partial charge in [0.1, 0.15) is 5.60 Å². The molecule has 0 aliphatic carbocycles. The molecule has 1 aliphatic rings. The predicted octanol–water partition coefficient (Wildman–Crippen LogP) is 1.89. The number of rotatable bonds is 4. The van der Waals surface area contributed by atoms with Crippen LogP contribution in [0.5, 0.6) is 0 Å². The normalized spacial score (nSPS) is 17.8. The maximum absolute atomic E-state index is 5.94. The molecule has 1 aliphatic heterocycles. The molecule has 2 aromatic rings. The second-order valence-corrected chi connectivity index (χ2v) is 5.20. The molecule has 2 N–H and O–H groups in total. The van der Waals surface area contributed by atoms with Gasteiger partial charge >= 0.3 is 0 Å². The van der Waals surface area contributed by atoms with Crippen LogP contribution in [-0.4, -0.2) is 30.5 Å². The lowest BCUT2D eigenvalue weighted by Gasteiger charge is -2.32. The average molecular weight is 289 g/mol. The SMILES string of the molecule is COC1(c2noc(Cc3ccccc3N)n2)CCOCC1. The number of hydrogen-bond acceptors (Lipinski definition) is 6. The van der Waals surface area contributed by atoms with Gasteiger partial charge in [-0.1, -0.05) is 23.4 Å². The van der Waals surface area contributed by atoms with Crippen molar-refractivity contribution in [3.8, 4) is 0 Å². The number of aromatic nitrogens is 2. The maximum atomic E-state index is 5.94. The van der Waals surface area contributed by atoms with Gasteiger partial charge in [0.15, 0.2) is 0 Å².